The van der Waals surface area contributed by atoms with Gasteiger partial charge in [0.1, 0.15) is 5.82 Å². The van der Waals surface area contributed by atoms with Crippen molar-refractivity contribution in [3.8, 4) is 0 Å². The summed E-state index contributed by atoms with van der Waals surface area (Å²) >= 11 is 6.28. The molecule has 0 aliphatic carbocycles. The number of hydrogen-bond acceptors (Lipinski definition) is 4. The first-order valence-electron chi connectivity index (χ1n) is 8.32. The summed E-state index contributed by atoms with van der Waals surface area (Å²) in [4.78, 5) is 22.9. The summed E-state index contributed by atoms with van der Waals surface area (Å²) in [6, 6.07) is 7.55. The lowest BCUT2D eigenvalue weighted by atomic mass is 10.1. The molecule has 3 rings (SSSR count). The Balaban J connectivity index is 1.58. The zero-order chi connectivity index (χ0) is 16.8. The van der Waals surface area contributed by atoms with Gasteiger partial charge in [-0.1, -0.05) is 17.7 Å². The molecule has 3 heterocycles. The van der Waals surface area contributed by atoms with E-state index in [1.807, 2.05) is 23.1 Å². The molecule has 0 bridgehead atoms. The molecule has 1 N–H and O–H groups in total. The maximum Gasteiger partial charge on any atom is 0.255 e. The summed E-state index contributed by atoms with van der Waals surface area (Å²) in [6.45, 7) is 2.32. The van der Waals surface area contributed by atoms with Crippen LogP contribution < -0.4 is 5.32 Å². The molecule has 0 radical (unpaired) electrons. The normalized spacial score (nSPS) is 14.5. The Labute approximate surface area is 147 Å². The number of nitrogens with one attached hydrogen (secondary N) is 1. The summed E-state index contributed by atoms with van der Waals surface area (Å²) in [7, 11) is 0. The van der Waals surface area contributed by atoms with Crippen LogP contribution in [0.1, 0.15) is 35.3 Å². The molecule has 0 saturated carbocycles. The van der Waals surface area contributed by atoms with Gasteiger partial charge in [0.25, 0.3) is 5.91 Å². The van der Waals surface area contributed by atoms with Crippen molar-refractivity contribution < 1.29 is 4.79 Å². The maximum atomic E-state index is 12.5. The van der Waals surface area contributed by atoms with Gasteiger partial charge in [-0.2, -0.15) is 0 Å². The SMILES string of the molecule is O=C(c1cnc(NCCc2ccccn2)c(Cl)c1)N1CCCCC1. The van der Waals surface area contributed by atoms with Gasteiger partial charge in [-0.3, -0.25) is 9.78 Å². The lowest BCUT2D eigenvalue weighted by Gasteiger charge is -2.26. The lowest BCUT2D eigenvalue weighted by Crippen LogP contribution is -2.35. The molecular weight excluding hydrogens is 324 g/mol. The maximum absolute atomic E-state index is 12.5. The molecular formula is C18H21ClN4O. The molecule has 2 aromatic rings. The third kappa shape index (κ3) is 4.23. The number of aromatic nitrogens is 2. The highest BCUT2D eigenvalue weighted by Crippen LogP contribution is 2.22. The predicted molar refractivity (Wildman–Crippen MR) is 95.4 cm³/mol. The van der Waals surface area contributed by atoms with E-state index in [-0.39, 0.29) is 5.91 Å². The molecule has 1 amide bonds. The number of nitrogens with zero attached hydrogens (tertiary/aromatic N) is 3. The van der Waals surface area contributed by atoms with Crippen LogP contribution in [0.3, 0.4) is 0 Å². The Morgan fingerprint density at radius 2 is 2.04 bits per heavy atom. The van der Waals surface area contributed by atoms with Gasteiger partial charge in [0.15, 0.2) is 0 Å². The summed E-state index contributed by atoms with van der Waals surface area (Å²) < 4.78 is 0. The van der Waals surface area contributed by atoms with Crippen LogP contribution in [0.15, 0.2) is 36.7 Å². The average molecular weight is 345 g/mol. The first-order valence-corrected chi connectivity index (χ1v) is 8.70. The number of hydrogen-bond donors (Lipinski definition) is 1. The first kappa shape index (κ1) is 16.7. The molecule has 1 fully saturated rings. The van der Waals surface area contributed by atoms with Crippen molar-refractivity contribution in [2.75, 3.05) is 25.0 Å². The van der Waals surface area contributed by atoms with Gasteiger partial charge in [0.2, 0.25) is 0 Å². The summed E-state index contributed by atoms with van der Waals surface area (Å²) in [5.41, 5.74) is 1.56. The van der Waals surface area contributed by atoms with Gasteiger partial charge >= 0.3 is 0 Å². The predicted octanol–water partition coefficient (Wildman–Crippen LogP) is 3.41. The molecule has 1 aliphatic rings. The second-order valence-electron chi connectivity index (χ2n) is 5.91. The van der Waals surface area contributed by atoms with Crippen molar-refractivity contribution >= 4 is 23.3 Å². The van der Waals surface area contributed by atoms with Gasteiger partial charge in [-0.25, -0.2) is 4.98 Å². The van der Waals surface area contributed by atoms with Crippen LogP contribution in [-0.4, -0.2) is 40.4 Å². The van der Waals surface area contributed by atoms with E-state index in [1.54, 1.807) is 18.5 Å². The van der Waals surface area contributed by atoms with Gasteiger partial charge in [0, 0.05) is 44.1 Å². The molecule has 6 heteroatoms. The quantitative estimate of drug-likeness (QED) is 0.903. The van der Waals surface area contributed by atoms with Crippen LogP contribution in [-0.2, 0) is 6.42 Å². The highest BCUT2D eigenvalue weighted by atomic mass is 35.5. The van der Waals surface area contributed by atoms with E-state index in [2.05, 4.69) is 15.3 Å². The number of anilines is 1. The molecule has 24 heavy (non-hydrogen) atoms. The lowest BCUT2D eigenvalue weighted by molar-refractivity contribution is 0.0724. The van der Waals surface area contributed by atoms with Crippen LogP contribution in [0, 0.1) is 0 Å². The molecule has 1 aliphatic heterocycles. The van der Waals surface area contributed by atoms with E-state index in [9.17, 15) is 4.79 Å². The number of halogens is 1. The fourth-order valence-corrected chi connectivity index (χ4v) is 3.05. The van der Waals surface area contributed by atoms with Crippen molar-refractivity contribution in [1.29, 1.82) is 0 Å². The number of pyridine rings is 2. The Bertz CT molecular complexity index is 687. The van der Waals surface area contributed by atoms with Gasteiger partial charge in [-0.05, 0) is 37.5 Å². The monoisotopic (exact) mass is 344 g/mol. The molecule has 0 aromatic carbocycles. The molecule has 5 nitrogen and oxygen atoms in total. The zero-order valence-electron chi connectivity index (χ0n) is 13.5. The Morgan fingerprint density at radius 3 is 2.75 bits per heavy atom. The average Bonchev–Trinajstić information content (AvgIpc) is 2.64. The Kier molecular flexibility index (Phi) is 5.64. The third-order valence-corrected chi connectivity index (χ3v) is 4.42. The molecule has 0 unspecified atom stereocenters. The molecule has 0 spiro atoms. The molecule has 126 valence electrons. The van der Waals surface area contributed by atoms with E-state index in [1.165, 1.54) is 6.42 Å². The number of likely N-dealkylation sites (tertiary alicyclic amines) is 1. The summed E-state index contributed by atoms with van der Waals surface area (Å²) in [5, 5.41) is 3.67. The summed E-state index contributed by atoms with van der Waals surface area (Å²) in [5.74, 6) is 0.618. The highest BCUT2D eigenvalue weighted by molar-refractivity contribution is 6.33. The standard InChI is InChI=1S/C18H21ClN4O/c19-16-12-14(18(24)23-10-4-1-5-11-23)13-22-17(16)21-9-7-15-6-2-3-8-20-15/h2-3,6,8,12-13H,1,4-5,7,9-11H2,(H,21,22). The minimum absolute atomic E-state index is 0.0177. The van der Waals surface area contributed by atoms with E-state index in [4.69, 9.17) is 11.6 Å². The fraction of sp³-hybridized carbons (Fsp3) is 0.389. The van der Waals surface area contributed by atoms with Crippen LogP contribution >= 0.6 is 11.6 Å². The third-order valence-electron chi connectivity index (χ3n) is 4.13. The zero-order valence-corrected chi connectivity index (χ0v) is 14.3. The van der Waals surface area contributed by atoms with E-state index < -0.39 is 0 Å². The largest absolute Gasteiger partial charge is 0.368 e. The van der Waals surface area contributed by atoms with Crippen LogP contribution in [0.4, 0.5) is 5.82 Å². The van der Waals surface area contributed by atoms with Crippen LogP contribution in [0.5, 0.6) is 0 Å². The van der Waals surface area contributed by atoms with Crippen LogP contribution in [0.2, 0.25) is 5.02 Å². The fourth-order valence-electron chi connectivity index (χ4n) is 2.82. The van der Waals surface area contributed by atoms with Gasteiger partial charge in [-0.15, -0.1) is 0 Å². The van der Waals surface area contributed by atoms with Crippen molar-refractivity contribution in [2.45, 2.75) is 25.7 Å². The van der Waals surface area contributed by atoms with Crippen molar-refractivity contribution in [3.63, 3.8) is 0 Å². The molecule has 1 saturated heterocycles. The number of amides is 1. The second-order valence-corrected chi connectivity index (χ2v) is 6.31. The topological polar surface area (TPSA) is 58.1 Å². The Hall–Kier alpha value is -2.14. The van der Waals surface area contributed by atoms with Crippen LogP contribution in [0.25, 0.3) is 0 Å². The van der Waals surface area contributed by atoms with E-state index >= 15 is 0 Å². The summed E-state index contributed by atoms with van der Waals surface area (Å²) in [6.07, 6.45) is 7.50. The molecule has 2 aromatic heterocycles. The van der Waals surface area contributed by atoms with E-state index in [0.717, 1.165) is 38.0 Å². The van der Waals surface area contributed by atoms with Gasteiger partial charge in [0.05, 0.1) is 10.6 Å². The van der Waals surface area contributed by atoms with Crippen molar-refractivity contribution in [1.82, 2.24) is 14.9 Å². The smallest absolute Gasteiger partial charge is 0.255 e. The minimum Gasteiger partial charge on any atom is -0.368 e. The number of carbonyl (C=O) groups excluding carboxylic acids is 1. The highest BCUT2D eigenvalue weighted by Gasteiger charge is 2.19. The first-order chi connectivity index (χ1) is 11.7. The van der Waals surface area contributed by atoms with Crippen molar-refractivity contribution in [2.24, 2.45) is 0 Å². The second kappa shape index (κ2) is 8.11. The minimum atomic E-state index is 0.0177. The van der Waals surface area contributed by atoms with Crippen molar-refractivity contribution in [3.05, 3.63) is 52.9 Å². The molecule has 0 atom stereocenters. The number of piperidine rings is 1. The number of rotatable bonds is 5. The Morgan fingerprint density at radius 1 is 1.21 bits per heavy atom. The van der Waals surface area contributed by atoms with Gasteiger partial charge < -0.3 is 10.2 Å². The van der Waals surface area contributed by atoms with E-state index in [0.29, 0.717) is 22.9 Å². The number of carbonyl (C=O) groups is 1.